The van der Waals surface area contributed by atoms with E-state index in [0.717, 1.165) is 11.0 Å². The summed E-state index contributed by atoms with van der Waals surface area (Å²) >= 11 is 0. The number of aliphatic hydroxyl groups excluding tert-OH is 3. The standard InChI is InChI=1S/C6H8O7.C5H14NO.2C4H8O3/c7-3(8)1-6(13,5(11)12)2-4(9)10;1-6(2,3)4-5-7;1-3(5)2-4(6)7;1-2-3(5)4(6)7/h13H,1-2H2,(H,7,8)(H,9,10)(H,11,12);7H,4-5H2,1-3H3;2*3,5H,2H2,1H3,(H,6,7)/q;+1;;/p-1. The fraction of sp³-hybridized carbons (Fsp3) is 0.737. The Morgan fingerprint density at radius 1 is 0.882 bits per heavy atom. The number of likely N-dealkylation sites (N-methyl/N-ethyl adjacent to an activating group) is 1. The molecular formula is C19H37NO14. The molecule has 0 saturated heterocycles. The van der Waals surface area contributed by atoms with Crippen molar-refractivity contribution in [3.05, 3.63) is 0 Å². The molecule has 34 heavy (non-hydrogen) atoms. The lowest BCUT2D eigenvalue weighted by Crippen LogP contribution is -2.51. The Morgan fingerprint density at radius 3 is 1.32 bits per heavy atom. The highest BCUT2D eigenvalue weighted by molar-refractivity contribution is 5.86. The van der Waals surface area contributed by atoms with Crippen LogP contribution in [0.15, 0.2) is 0 Å². The minimum Gasteiger partial charge on any atom is -0.547 e. The van der Waals surface area contributed by atoms with Crippen LogP contribution >= 0.6 is 0 Å². The SMILES string of the molecule is CC(O)CC(=O)O.CCC(O)C(=O)O.C[N+](C)(C)CCO.O=C(O)CC(O)(CC(=O)O)C(=O)[O-]. The molecule has 15 heteroatoms. The van der Waals surface area contributed by atoms with Crippen LogP contribution in [0.4, 0.5) is 0 Å². The number of aliphatic hydroxyl groups is 4. The van der Waals surface area contributed by atoms with Crippen molar-refractivity contribution in [3.63, 3.8) is 0 Å². The first-order valence-electron chi connectivity index (χ1n) is 9.74. The molecule has 0 aliphatic carbocycles. The van der Waals surface area contributed by atoms with Gasteiger partial charge in [-0.3, -0.25) is 14.4 Å². The molecule has 0 amide bonds. The minimum absolute atomic E-state index is 0.167. The molecule has 0 heterocycles. The molecule has 8 N–H and O–H groups in total. The van der Waals surface area contributed by atoms with E-state index in [-0.39, 0.29) is 19.4 Å². The zero-order valence-corrected chi connectivity index (χ0v) is 19.9. The topological polar surface area (TPSA) is 270 Å². The van der Waals surface area contributed by atoms with Crippen LogP contribution in [0, 0.1) is 0 Å². The van der Waals surface area contributed by atoms with Crippen molar-refractivity contribution >= 4 is 29.8 Å². The van der Waals surface area contributed by atoms with E-state index in [9.17, 15) is 29.1 Å². The minimum atomic E-state index is -2.85. The van der Waals surface area contributed by atoms with E-state index in [2.05, 4.69) is 21.1 Å². The summed E-state index contributed by atoms with van der Waals surface area (Å²) in [7, 11) is 6.16. The van der Waals surface area contributed by atoms with Gasteiger partial charge in [-0.15, -0.1) is 0 Å². The number of carbonyl (C=O) groups is 5. The van der Waals surface area contributed by atoms with Crippen LogP contribution in [0.25, 0.3) is 0 Å². The van der Waals surface area contributed by atoms with E-state index < -0.39 is 60.5 Å². The summed E-state index contributed by atoms with van der Waals surface area (Å²) in [5.74, 6) is -7.46. The van der Waals surface area contributed by atoms with Crippen molar-refractivity contribution in [1.82, 2.24) is 0 Å². The first-order chi connectivity index (χ1) is 15.1. The fourth-order valence-corrected chi connectivity index (χ4v) is 1.43. The lowest BCUT2D eigenvalue weighted by Gasteiger charge is -2.25. The van der Waals surface area contributed by atoms with Crippen LogP contribution in [0.5, 0.6) is 0 Å². The van der Waals surface area contributed by atoms with Gasteiger partial charge in [-0.05, 0) is 13.3 Å². The number of hydrogen-bond acceptors (Lipinski definition) is 10. The molecule has 2 unspecified atom stereocenters. The van der Waals surface area contributed by atoms with E-state index in [1.165, 1.54) is 6.92 Å². The summed E-state index contributed by atoms with van der Waals surface area (Å²) in [5, 5.41) is 76.5. The van der Waals surface area contributed by atoms with Gasteiger partial charge in [-0.2, -0.15) is 0 Å². The summed E-state index contributed by atoms with van der Waals surface area (Å²) in [6, 6.07) is 0. The second-order valence-electron chi connectivity index (χ2n) is 7.91. The number of carbonyl (C=O) groups excluding carboxylic acids is 1. The van der Waals surface area contributed by atoms with E-state index in [4.69, 9.17) is 40.9 Å². The average molecular weight is 503 g/mol. The van der Waals surface area contributed by atoms with E-state index in [1.54, 1.807) is 6.92 Å². The Hall–Kier alpha value is -2.85. The fourth-order valence-electron chi connectivity index (χ4n) is 1.43. The van der Waals surface area contributed by atoms with Crippen molar-refractivity contribution in [2.45, 2.75) is 57.3 Å². The predicted molar refractivity (Wildman–Crippen MR) is 112 cm³/mol. The molecule has 0 bridgehead atoms. The molecule has 0 aliphatic heterocycles. The maximum atomic E-state index is 10.2. The Bertz CT molecular complexity index is 611. The number of aliphatic carboxylic acids is 5. The van der Waals surface area contributed by atoms with Crippen LogP contribution in [-0.4, -0.2) is 127 Å². The Balaban J connectivity index is -0.000000186. The second kappa shape index (κ2) is 19.6. The van der Waals surface area contributed by atoms with Gasteiger partial charge in [0.15, 0.2) is 6.10 Å². The molecule has 2 atom stereocenters. The molecule has 0 radical (unpaired) electrons. The molecule has 0 aromatic rings. The van der Waals surface area contributed by atoms with E-state index in [1.807, 2.05) is 0 Å². The molecule has 0 spiro atoms. The molecule has 0 aromatic heterocycles. The lowest BCUT2D eigenvalue weighted by molar-refractivity contribution is -0.870. The molecule has 0 aliphatic rings. The Morgan fingerprint density at radius 2 is 1.26 bits per heavy atom. The highest BCUT2D eigenvalue weighted by Crippen LogP contribution is 2.14. The van der Waals surface area contributed by atoms with Crippen molar-refractivity contribution in [2.75, 3.05) is 34.3 Å². The summed E-state index contributed by atoms with van der Waals surface area (Å²) in [4.78, 5) is 49.6. The molecule has 0 fully saturated rings. The summed E-state index contributed by atoms with van der Waals surface area (Å²) < 4.78 is 0.844. The molecule has 202 valence electrons. The second-order valence-corrected chi connectivity index (χ2v) is 7.91. The van der Waals surface area contributed by atoms with Gasteiger partial charge < -0.3 is 55.2 Å². The van der Waals surface area contributed by atoms with Crippen LogP contribution in [0.2, 0.25) is 0 Å². The van der Waals surface area contributed by atoms with Crippen molar-refractivity contribution in [1.29, 1.82) is 0 Å². The number of carboxylic acid groups (broad SMARTS) is 5. The molecule has 0 saturated carbocycles. The zero-order chi connectivity index (χ0) is 28.3. The molecule has 0 rings (SSSR count). The van der Waals surface area contributed by atoms with Crippen LogP contribution in [0.1, 0.15) is 39.5 Å². The van der Waals surface area contributed by atoms with Crippen molar-refractivity contribution in [2.24, 2.45) is 0 Å². The third-order valence-corrected chi connectivity index (χ3v) is 3.18. The third-order valence-electron chi connectivity index (χ3n) is 3.18. The number of nitrogens with zero attached hydrogens (tertiary/aromatic N) is 1. The Labute approximate surface area is 196 Å². The zero-order valence-electron chi connectivity index (χ0n) is 19.9. The van der Waals surface area contributed by atoms with Gasteiger partial charge in [0, 0.05) is 0 Å². The first kappa shape index (κ1) is 38.4. The van der Waals surface area contributed by atoms with Gasteiger partial charge in [-0.25, -0.2) is 4.79 Å². The van der Waals surface area contributed by atoms with Gasteiger partial charge >= 0.3 is 23.9 Å². The number of carboxylic acids is 5. The normalized spacial score (nSPS) is 12.1. The van der Waals surface area contributed by atoms with E-state index in [0.29, 0.717) is 0 Å². The smallest absolute Gasteiger partial charge is 0.332 e. The average Bonchev–Trinajstić information content (AvgIpc) is 2.58. The lowest BCUT2D eigenvalue weighted by atomic mass is 9.96. The number of quaternary nitrogens is 1. The predicted octanol–water partition coefficient (Wildman–Crippen LogP) is -3.21. The largest absolute Gasteiger partial charge is 0.547 e. The highest BCUT2D eigenvalue weighted by atomic mass is 16.4. The van der Waals surface area contributed by atoms with Gasteiger partial charge in [0.05, 0.1) is 59.1 Å². The van der Waals surface area contributed by atoms with Crippen LogP contribution < -0.4 is 5.11 Å². The van der Waals surface area contributed by atoms with Gasteiger partial charge in [0.1, 0.15) is 12.1 Å². The number of hydrogen-bond donors (Lipinski definition) is 8. The summed E-state index contributed by atoms with van der Waals surface area (Å²) in [6.45, 7) is 4.16. The summed E-state index contributed by atoms with van der Waals surface area (Å²) in [5.41, 5.74) is -2.85. The monoisotopic (exact) mass is 503 g/mol. The van der Waals surface area contributed by atoms with Gasteiger partial charge in [0.25, 0.3) is 0 Å². The van der Waals surface area contributed by atoms with Crippen LogP contribution in [0.3, 0.4) is 0 Å². The maximum Gasteiger partial charge on any atom is 0.332 e. The van der Waals surface area contributed by atoms with Gasteiger partial charge in [-0.1, -0.05) is 6.92 Å². The highest BCUT2D eigenvalue weighted by Gasteiger charge is 2.34. The maximum absolute atomic E-state index is 10.2. The number of rotatable bonds is 11. The molecule has 0 aromatic carbocycles. The van der Waals surface area contributed by atoms with Crippen molar-refractivity contribution < 1.29 is 74.4 Å². The first-order valence-corrected chi connectivity index (χ1v) is 9.74. The van der Waals surface area contributed by atoms with Crippen LogP contribution in [-0.2, 0) is 24.0 Å². The van der Waals surface area contributed by atoms with E-state index >= 15 is 0 Å². The Kier molecular flexibility index (Phi) is 22.1. The van der Waals surface area contributed by atoms with Crippen molar-refractivity contribution in [3.8, 4) is 0 Å². The molecule has 15 nitrogen and oxygen atoms in total. The summed E-state index contributed by atoms with van der Waals surface area (Å²) in [6.07, 6.45) is -4.21. The quantitative estimate of drug-likeness (QED) is 0.129. The third kappa shape index (κ3) is 31.3. The molecular weight excluding hydrogens is 466 g/mol. The van der Waals surface area contributed by atoms with Gasteiger partial charge in [0.2, 0.25) is 0 Å².